The van der Waals surface area contributed by atoms with Crippen LogP contribution in [0.5, 0.6) is 0 Å². The van der Waals surface area contributed by atoms with Crippen LogP contribution in [-0.4, -0.2) is 24.0 Å². The van der Waals surface area contributed by atoms with Crippen LogP contribution in [0.1, 0.15) is 38.2 Å². The molecule has 1 nitrogen and oxygen atoms in total. The molecular weight excluding hydrogens is 218 g/mol. The van der Waals surface area contributed by atoms with Crippen molar-refractivity contribution < 1.29 is 0 Å². The van der Waals surface area contributed by atoms with Crippen LogP contribution >= 0.6 is 11.6 Å². The monoisotopic (exact) mass is 237 g/mol. The fourth-order valence-electron chi connectivity index (χ4n) is 2.48. The van der Waals surface area contributed by atoms with Crippen LogP contribution in [0.4, 0.5) is 0 Å². The second-order valence-corrected chi connectivity index (χ2v) is 5.39. The van der Waals surface area contributed by atoms with Crippen LogP contribution < -0.4 is 0 Å². The molecule has 1 aromatic rings. The van der Waals surface area contributed by atoms with E-state index in [4.69, 9.17) is 11.6 Å². The molecule has 16 heavy (non-hydrogen) atoms. The molecule has 88 valence electrons. The molecule has 1 fully saturated rings. The van der Waals surface area contributed by atoms with Gasteiger partial charge < -0.3 is 4.90 Å². The normalized spacial score (nSPS) is 19.2. The van der Waals surface area contributed by atoms with E-state index in [1.165, 1.54) is 31.5 Å². The lowest BCUT2D eigenvalue weighted by Crippen LogP contribution is -2.37. The van der Waals surface area contributed by atoms with Crippen LogP contribution in [0, 0.1) is 0 Å². The molecule has 0 radical (unpaired) electrons. The number of likely N-dealkylation sites (tertiary alicyclic amines) is 1. The van der Waals surface area contributed by atoms with E-state index in [1.807, 2.05) is 12.1 Å². The molecule has 0 N–H and O–H groups in total. The van der Waals surface area contributed by atoms with Gasteiger partial charge in [0.25, 0.3) is 0 Å². The summed E-state index contributed by atoms with van der Waals surface area (Å²) in [5, 5.41) is 0.836. The van der Waals surface area contributed by atoms with Crippen molar-refractivity contribution in [2.45, 2.75) is 38.6 Å². The molecule has 2 heteroatoms. The zero-order chi connectivity index (χ0) is 11.5. The average molecular weight is 238 g/mol. The van der Waals surface area contributed by atoms with Gasteiger partial charge in [0.2, 0.25) is 0 Å². The standard InChI is InChI=1S/C14H20ClN/c1-11(2)16-9-7-13(8-10-16)12-3-5-14(15)6-4-12/h3-6,11,13H,7-10H2,1-2H3. The van der Waals surface area contributed by atoms with Gasteiger partial charge >= 0.3 is 0 Å². The smallest absolute Gasteiger partial charge is 0.0406 e. The van der Waals surface area contributed by atoms with Crippen LogP contribution in [0.2, 0.25) is 5.02 Å². The Morgan fingerprint density at radius 3 is 2.19 bits per heavy atom. The van der Waals surface area contributed by atoms with Gasteiger partial charge in [-0.2, -0.15) is 0 Å². The zero-order valence-corrected chi connectivity index (χ0v) is 10.9. The summed E-state index contributed by atoms with van der Waals surface area (Å²) in [5.41, 5.74) is 1.45. The van der Waals surface area contributed by atoms with Crippen molar-refractivity contribution >= 4 is 11.6 Å². The highest BCUT2D eigenvalue weighted by molar-refractivity contribution is 6.30. The van der Waals surface area contributed by atoms with Crippen molar-refractivity contribution in [3.63, 3.8) is 0 Å². The van der Waals surface area contributed by atoms with Crippen molar-refractivity contribution in [3.05, 3.63) is 34.9 Å². The summed E-state index contributed by atoms with van der Waals surface area (Å²) in [6, 6.07) is 9.05. The van der Waals surface area contributed by atoms with Gasteiger partial charge in [0.05, 0.1) is 0 Å². The maximum Gasteiger partial charge on any atom is 0.0406 e. The summed E-state index contributed by atoms with van der Waals surface area (Å²) in [7, 11) is 0. The Balaban J connectivity index is 1.96. The lowest BCUT2D eigenvalue weighted by atomic mass is 9.89. The van der Waals surface area contributed by atoms with E-state index in [-0.39, 0.29) is 0 Å². The topological polar surface area (TPSA) is 3.24 Å². The van der Waals surface area contributed by atoms with Crippen molar-refractivity contribution in [1.29, 1.82) is 0 Å². The lowest BCUT2D eigenvalue weighted by molar-refractivity contribution is 0.172. The minimum Gasteiger partial charge on any atom is -0.301 e. The van der Waals surface area contributed by atoms with E-state index in [0.717, 1.165) is 10.9 Å². The molecule has 1 heterocycles. The Morgan fingerprint density at radius 1 is 1.12 bits per heavy atom. The van der Waals surface area contributed by atoms with Gasteiger partial charge in [-0.25, -0.2) is 0 Å². The Morgan fingerprint density at radius 2 is 1.69 bits per heavy atom. The molecule has 1 aliphatic rings. The number of hydrogen-bond donors (Lipinski definition) is 0. The predicted molar refractivity (Wildman–Crippen MR) is 70.1 cm³/mol. The highest BCUT2D eigenvalue weighted by atomic mass is 35.5. The molecule has 1 aliphatic heterocycles. The summed E-state index contributed by atoms with van der Waals surface area (Å²) in [4.78, 5) is 2.56. The van der Waals surface area contributed by atoms with Gasteiger partial charge in [-0.15, -0.1) is 0 Å². The molecule has 0 saturated carbocycles. The van der Waals surface area contributed by atoms with E-state index in [0.29, 0.717) is 6.04 Å². The third-order valence-electron chi connectivity index (χ3n) is 3.60. The first-order chi connectivity index (χ1) is 7.66. The van der Waals surface area contributed by atoms with Gasteiger partial charge in [-0.3, -0.25) is 0 Å². The quantitative estimate of drug-likeness (QED) is 0.754. The maximum atomic E-state index is 5.91. The minimum absolute atomic E-state index is 0.686. The van der Waals surface area contributed by atoms with E-state index < -0.39 is 0 Å². The molecule has 2 rings (SSSR count). The van der Waals surface area contributed by atoms with E-state index >= 15 is 0 Å². The SMILES string of the molecule is CC(C)N1CCC(c2ccc(Cl)cc2)CC1. The molecule has 0 bridgehead atoms. The molecule has 0 aliphatic carbocycles. The number of benzene rings is 1. The number of rotatable bonds is 2. The number of hydrogen-bond acceptors (Lipinski definition) is 1. The molecule has 0 spiro atoms. The molecule has 1 aromatic carbocycles. The average Bonchev–Trinajstić information content (AvgIpc) is 2.30. The molecule has 1 saturated heterocycles. The van der Waals surface area contributed by atoms with Crippen molar-refractivity contribution in [2.75, 3.05) is 13.1 Å². The third kappa shape index (κ3) is 2.78. The number of halogens is 1. The van der Waals surface area contributed by atoms with E-state index in [2.05, 4.69) is 30.9 Å². The Bertz CT molecular complexity index is 323. The Labute approximate surface area is 103 Å². The molecular formula is C14H20ClN. The highest BCUT2D eigenvalue weighted by Gasteiger charge is 2.21. The lowest BCUT2D eigenvalue weighted by Gasteiger charge is -2.34. The van der Waals surface area contributed by atoms with Gasteiger partial charge in [-0.05, 0) is 63.4 Å². The van der Waals surface area contributed by atoms with Crippen LogP contribution in [-0.2, 0) is 0 Å². The first-order valence-corrected chi connectivity index (χ1v) is 6.54. The largest absolute Gasteiger partial charge is 0.301 e. The van der Waals surface area contributed by atoms with Gasteiger partial charge in [-0.1, -0.05) is 23.7 Å². The second-order valence-electron chi connectivity index (χ2n) is 4.96. The molecule has 0 atom stereocenters. The first-order valence-electron chi connectivity index (χ1n) is 6.16. The third-order valence-corrected chi connectivity index (χ3v) is 3.85. The molecule has 0 aromatic heterocycles. The van der Waals surface area contributed by atoms with Gasteiger partial charge in [0.15, 0.2) is 0 Å². The minimum atomic E-state index is 0.686. The van der Waals surface area contributed by atoms with E-state index in [1.54, 1.807) is 0 Å². The Kier molecular flexibility index (Phi) is 3.88. The summed E-state index contributed by atoms with van der Waals surface area (Å²) in [6.45, 7) is 7.02. The zero-order valence-electron chi connectivity index (χ0n) is 10.1. The fraction of sp³-hybridized carbons (Fsp3) is 0.571. The van der Waals surface area contributed by atoms with E-state index in [9.17, 15) is 0 Å². The highest BCUT2D eigenvalue weighted by Crippen LogP contribution is 2.29. The maximum absolute atomic E-state index is 5.91. The summed E-state index contributed by atoms with van der Waals surface area (Å²) >= 11 is 5.91. The summed E-state index contributed by atoms with van der Waals surface area (Å²) < 4.78 is 0. The first kappa shape index (κ1) is 11.9. The fourth-order valence-corrected chi connectivity index (χ4v) is 2.61. The van der Waals surface area contributed by atoms with Crippen LogP contribution in [0.25, 0.3) is 0 Å². The van der Waals surface area contributed by atoms with Crippen molar-refractivity contribution in [1.82, 2.24) is 4.90 Å². The second kappa shape index (κ2) is 5.20. The summed E-state index contributed by atoms with van der Waals surface area (Å²) in [5.74, 6) is 0.729. The van der Waals surface area contributed by atoms with Crippen molar-refractivity contribution in [2.24, 2.45) is 0 Å². The van der Waals surface area contributed by atoms with Crippen molar-refractivity contribution in [3.8, 4) is 0 Å². The van der Waals surface area contributed by atoms with Crippen LogP contribution in [0.15, 0.2) is 24.3 Å². The van der Waals surface area contributed by atoms with Gasteiger partial charge in [0.1, 0.15) is 0 Å². The van der Waals surface area contributed by atoms with Crippen LogP contribution in [0.3, 0.4) is 0 Å². The number of piperidine rings is 1. The van der Waals surface area contributed by atoms with Gasteiger partial charge in [0, 0.05) is 11.1 Å². The molecule has 0 amide bonds. The predicted octanol–water partition coefficient (Wildman–Crippen LogP) is 3.93. The Hall–Kier alpha value is -0.530. The number of nitrogens with zero attached hydrogens (tertiary/aromatic N) is 1. The summed E-state index contributed by atoms with van der Waals surface area (Å²) in [6.07, 6.45) is 2.56. The molecule has 0 unspecified atom stereocenters.